The van der Waals surface area contributed by atoms with E-state index in [9.17, 15) is 0 Å². The average molecular weight is 579 g/mol. The van der Waals surface area contributed by atoms with Crippen molar-refractivity contribution in [2.45, 2.75) is 27.2 Å². The average Bonchev–Trinajstić information content (AvgIpc) is 3.69. The number of nitrogens with one attached hydrogen (secondary N) is 2. The Morgan fingerprint density at radius 2 is 1.30 bits per heavy atom. The van der Waals surface area contributed by atoms with Crippen LogP contribution >= 0.6 is 0 Å². The molecular weight excluding hydrogens is 544 g/mol. The maximum atomic E-state index is 5.03. The summed E-state index contributed by atoms with van der Waals surface area (Å²) in [5.41, 5.74) is 6.37. The number of aromatic amines is 2. The molecule has 2 N–H and O–H groups in total. The molecule has 0 saturated carbocycles. The van der Waals surface area contributed by atoms with Gasteiger partial charge in [0.25, 0.3) is 0 Å². The molecule has 0 atom stereocenters. The Bertz CT molecular complexity index is 2110. The third-order valence-electron chi connectivity index (χ3n) is 6.86. The van der Waals surface area contributed by atoms with Crippen LogP contribution in [-0.4, -0.2) is 39.9 Å². The zero-order chi connectivity index (χ0) is 31.2. The second kappa shape index (κ2) is 13.0. The van der Waals surface area contributed by atoms with Crippen molar-refractivity contribution >= 4 is 51.1 Å². The van der Waals surface area contributed by atoms with Gasteiger partial charge in [-0.15, -0.1) is 6.58 Å². The quantitative estimate of drug-likeness (QED) is 0.151. The van der Waals surface area contributed by atoms with Gasteiger partial charge in [-0.25, -0.2) is 29.9 Å². The number of rotatable bonds is 6. The minimum absolute atomic E-state index is 0.345. The van der Waals surface area contributed by atoms with Gasteiger partial charge in [0, 0.05) is 45.0 Å². The molecule has 0 amide bonds. The van der Waals surface area contributed by atoms with Gasteiger partial charge in [-0.05, 0) is 6.92 Å². The Labute approximate surface area is 256 Å². The SMILES string of the molecule is C=CCc1nc(C(=C)C=C)nc2nc(nc3[nH]c(nc4[nH]c(n1)c1ccccc41)c(/C=C\C)c3C=C)-c1ccccc1-2.CC. The topological polar surface area (TPSA) is 109 Å². The number of hydrogen-bond donors (Lipinski definition) is 2. The Kier molecular flexibility index (Phi) is 8.81. The van der Waals surface area contributed by atoms with Crippen LogP contribution in [0.3, 0.4) is 0 Å². The van der Waals surface area contributed by atoms with Crippen molar-refractivity contribution in [3.8, 4) is 22.8 Å². The molecule has 44 heavy (non-hydrogen) atoms. The molecule has 2 aromatic carbocycles. The molecule has 4 heterocycles. The van der Waals surface area contributed by atoms with Gasteiger partial charge in [0.15, 0.2) is 17.5 Å². The Morgan fingerprint density at radius 1 is 0.705 bits per heavy atom. The molecule has 0 radical (unpaired) electrons. The van der Waals surface area contributed by atoms with Crippen molar-refractivity contribution in [2.75, 3.05) is 0 Å². The Balaban J connectivity index is 0.00000188. The van der Waals surface area contributed by atoms with Crippen LogP contribution in [0, 0.1) is 0 Å². The number of allylic oxidation sites excluding steroid dienone is 4. The fraction of sp³-hybridized carbons (Fsp3) is 0.111. The lowest BCUT2D eigenvalue weighted by Gasteiger charge is -2.00. The van der Waals surface area contributed by atoms with Gasteiger partial charge in [-0.3, -0.25) is 0 Å². The first kappa shape index (κ1) is 29.7. The molecule has 5 aromatic rings. The number of nitrogens with zero attached hydrogens (tertiary/aromatic N) is 6. The second-order valence-corrected chi connectivity index (χ2v) is 9.55. The van der Waals surface area contributed by atoms with Gasteiger partial charge in [0.05, 0.1) is 0 Å². The van der Waals surface area contributed by atoms with E-state index in [4.69, 9.17) is 29.9 Å². The van der Waals surface area contributed by atoms with E-state index < -0.39 is 0 Å². The van der Waals surface area contributed by atoms with Gasteiger partial charge >= 0.3 is 0 Å². The van der Waals surface area contributed by atoms with Gasteiger partial charge in [-0.1, -0.05) is 112 Å². The minimum Gasteiger partial charge on any atom is -0.324 e. The molecule has 6 rings (SSSR count). The standard InChI is InChI=1S/C34H28N8.C2H6/c1-6-14-22-21(9-4)29-38-31(22)41-34-24-17-11-10-16-23(24)30(40-34)36-27(15-7-2)35-28(20(5)8-3)37-32-25-18-12-13-19-26(25)33(39-29)42-32;1-2/h6-14,16-19H,2-5,15H2,1H3,(H2,35,36,37,38,39,40,41,42);1-2H3/b14-6-;. The van der Waals surface area contributed by atoms with E-state index in [-0.39, 0.29) is 0 Å². The number of aromatic nitrogens is 8. The largest absolute Gasteiger partial charge is 0.324 e. The summed E-state index contributed by atoms with van der Waals surface area (Å²) < 4.78 is 0. The van der Waals surface area contributed by atoms with E-state index in [1.165, 1.54) is 0 Å². The van der Waals surface area contributed by atoms with Gasteiger partial charge in [0.2, 0.25) is 0 Å². The van der Waals surface area contributed by atoms with Crippen LogP contribution in [-0.2, 0) is 6.42 Å². The summed E-state index contributed by atoms with van der Waals surface area (Å²) in [6.45, 7) is 22.0. The van der Waals surface area contributed by atoms with Crippen LogP contribution in [0.5, 0.6) is 0 Å². The summed E-state index contributed by atoms with van der Waals surface area (Å²) in [7, 11) is 0. The maximum Gasteiger partial charge on any atom is 0.164 e. The predicted molar refractivity (Wildman–Crippen MR) is 183 cm³/mol. The van der Waals surface area contributed by atoms with Gasteiger partial charge < -0.3 is 9.97 Å². The van der Waals surface area contributed by atoms with Crippen molar-refractivity contribution in [1.82, 2.24) is 39.9 Å². The minimum atomic E-state index is 0.345. The Morgan fingerprint density at radius 3 is 1.91 bits per heavy atom. The molecular formula is C36H34N8. The number of benzene rings is 2. The number of H-pyrrole nitrogens is 2. The second-order valence-electron chi connectivity index (χ2n) is 9.55. The van der Waals surface area contributed by atoms with E-state index in [2.05, 4.69) is 36.3 Å². The van der Waals surface area contributed by atoms with E-state index >= 15 is 0 Å². The summed E-state index contributed by atoms with van der Waals surface area (Å²) in [5, 5.41) is 1.81. The molecule has 0 aliphatic carbocycles. The third-order valence-corrected chi connectivity index (χ3v) is 6.86. The lowest BCUT2D eigenvalue weighted by atomic mass is 10.1. The molecule has 1 aliphatic rings. The van der Waals surface area contributed by atoms with Crippen LogP contribution in [0.1, 0.15) is 43.5 Å². The van der Waals surface area contributed by atoms with Crippen molar-refractivity contribution < 1.29 is 0 Å². The highest BCUT2D eigenvalue weighted by Crippen LogP contribution is 2.34. The highest BCUT2D eigenvalue weighted by atomic mass is 15.0. The van der Waals surface area contributed by atoms with Gasteiger partial charge in [-0.2, -0.15) is 0 Å². The lowest BCUT2D eigenvalue weighted by Crippen LogP contribution is -1.97. The van der Waals surface area contributed by atoms with E-state index in [1.54, 1.807) is 18.2 Å². The van der Waals surface area contributed by atoms with Gasteiger partial charge in [0.1, 0.15) is 28.4 Å². The lowest BCUT2D eigenvalue weighted by molar-refractivity contribution is 0.981. The smallest absolute Gasteiger partial charge is 0.164 e. The fourth-order valence-electron chi connectivity index (χ4n) is 4.88. The molecule has 0 fully saturated rings. The van der Waals surface area contributed by atoms with E-state index in [0.29, 0.717) is 57.9 Å². The molecule has 0 unspecified atom stereocenters. The summed E-state index contributed by atoms with van der Waals surface area (Å²) in [6, 6.07) is 15.8. The van der Waals surface area contributed by atoms with Crippen LogP contribution in [0.2, 0.25) is 0 Å². The van der Waals surface area contributed by atoms with E-state index in [0.717, 1.165) is 33.0 Å². The molecule has 0 saturated heterocycles. The molecule has 218 valence electrons. The number of fused-ring (bicyclic) bond motifs is 12. The van der Waals surface area contributed by atoms with Crippen LogP contribution in [0.25, 0.3) is 73.9 Å². The molecule has 6 bridgehead atoms. The Hall–Kier alpha value is -5.76. The van der Waals surface area contributed by atoms with Crippen molar-refractivity contribution in [3.63, 3.8) is 0 Å². The van der Waals surface area contributed by atoms with Crippen LogP contribution in [0.4, 0.5) is 0 Å². The molecule has 1 aliphatic heterocycles. The highest BCUT2D eigenvalue weighted by molar-refractivity contribution is 6.04. The summed E-state index contributed by atoms with van der Waals surface area (Å²) in [4.78, 5) is 36.3. The first-order chi connectivity index (χ1) is 21.5. The highest BCUT2D eigenvalue weighted by Gasteiger charge is 2.20. The zero-order valence-electron chi connectivity index (χ0n) is 25.2. The summed E-state index contributed by atoms with van der Waals surface area (Å²) in [5.74, 6) is 1.81. The molecule has 8 heteroatoms. The summed E-state index contributed by atoms with van der Waals surface area (Å²) in [6.07, 6.45) is 9.49. The first-order valence-corrected chi connectivity index (χ1v) is 14.5. The fourth-order valence-corrected chi connectivity index (χ4v) is 4.88. The van der Waals surface area contributed by atoms with Crippen LogP contribution in [0.15, 0.2) is 93.1 Å². The van der Waals surface area contributed by atoms with E-state index in [1.807, 2.05) is 81.5 Å². The third kappa shape index (κ3) is 5.53. The molecule has 3 aromatic heterocycles. The first-order valence-electron chi connectivity index (χ1n) is 14.5. The zero-order valence-corrected chi connectivity index (χ0v) is 25.2. The van der Waals surface area contributed by atoms with Crippen molar-refractivity contribution in [2.24, 2.45) is 0 Å². The van der Waals surface area contributed by atoms with Crippen molar-refractivity contribution in [3.05, 3.63) is 116 Å². The maximum absolute atomic E-state index is 5.03. The number of hydrogen-bond acceptors (Lipinski definition) is 6. The normalized spacial score (nSPS) is 11.0. The molecule has 0 spiro atoms. The monoisotopic (exact) mass is 578 g/mol. The van der Waals surface area contributed by atoms with Crippen molar-refractivity contribution in [1.29, 1.82) is 0 Å². The summed E-state index contributed by atoms with van der Waals surface area (Å²) >= 11 is 0. The van der Waals surface area contributed by atoms with Crippen LogP contribution < -0.4 is 0 Å². The predicted octanol–water partition coefficient (Wildman–Crippen LogP) is 8.70. The molecule has 8 nitrogen and oxygen atoms in total.